The number of carbonyl (C=O) groups is 2. The molecule has 2 N–H and O–H groups in total. The SMILES string of the molecule is CC(C)COc1ccccc1NC(=O)N1CCCC(C(=O)O)C1. The molecule has 0 saturated carbocycles. The quantitative estimate of drug-likeness (QED) is 0.874. The number of carbonyl (C=O) groups excluding carboxylic acids is 1. The van der Waals surface area contributed by atoms with E-state index in [0.29, 0.717) is 43.3 Å². The predicted octanol–water partition coefficient (Wildman–Crippen LogP) is 3.05. The summed E-state index contributed by atoms with van der Waals surface area (Å²) in [7, 11) is 0. The Morgan fingerprint density at radius 1 is 1.39 bits per heavy atom. The number of nitrogens with zero attached hydrogens (tertiary/aromatic N) is 1. The summed E-state index contributed by atoms with van der Waals surface area (Å²) in [6.07, 6.45) is 1.32. The highest BCUT2D eigenvalue weighted by atomic mass is 16.5. The Morgan fingerprint density at radius 2 is 2.13 bits per heavy atom. The van der Waals surface area contributed by atoms with Gasteiger partial charge >= 0.3 is 12.0 Å². The number of piperidine rings is 1. The van der Waals surface area contributed by atoms with Crippen LogP contribution in [0, 0.1) is 11.8 Å². The van der Waals surface area contributed by atoms with Gasteiger partial charge in [0.25, 0.3) is 0 Å². The summed E-state index contributed by atoms with van der Waals surface area (Å²) >= 11 is 0. The molecule has 1 aliphatic heterocycles. The van der Waals surface area contributed by atoms with Gasteiger partial charge < -0.3 is 20.1 Å². The number of hydrogen-bond donors (Lipinski definition) is 2. The Kier molecular flexibility index (Phi) is 5.84. The number of rotatable bonds is 5. The van der Waals surface area contributed by atoms with Crippen molar-refractivity contribution < 1.29 is 19.4 Å². The minimum absolute atomic E-state index is 0.246. The number of urea groups is 1. The highest BCUT2D eigenvalue weighted by Crippen LogP contribution is 2.25. The van der Waals surface area contributed by atoms with Crippen molar-refractivity contribution in [2.75, 3.05) is 25.0 Å². The van der Waals surface area contributed by atoms with Crippen LogP contribution < -0.4 is 10.1 Å². The van der Waals surface area contributed by atoms with Crippen LogP contribution in [0.3, 0.4) is 0 Å². The van der Waals surface area contributed by atoms with Crippen LogP contribution in [0.5, 0.6) is 5.75 Å². The van der Waals surface area contributed by atoms with Gasteiger partial charge in [-0.3, -0.25) is 4.79 Å². The Hall–Kier alpha value is -2.24. The molecule has 1 aliphatic rings. The number of para-hydroxylation sites is 2. The normalized spacial score (nSPS) is 17.9. The fourth-order valence-electron chi connectivity index (χ4n) is 2.51. The van der Waals surface area contributed by atoms with Crippen molar-refractivity contribution in [3.05, 3.63) is 24.3 Å². The topological polar surface area (TPSA) is 78.9 Å². The number of aliphatic carboxylic acids is 1. The van der Waals surface area contributed by atoms with Crippen LogP contribution in [0.4, 0.5) is 10.5 Å². The molecule has 1 fully saturated rings. The Morgan fingerprint density at radius 3 is 2.83 bits per heavy atom. The van der Waals surface area contributed by atoms with Crippen LogP contribution in [0.1, 0.15) is 26.7 Å². The summed E-state index contributed by atoms with van der Waals surface area (Å²) in [6.45, 7) is 5.50. The Bertz CT molecular complexity index is 559. The lowest BCUT2D eigenvalue weighted by Gasteiger charge is -2.30. The highest BCUT2D eigenvalue weighted by Gasteiger charge is 2.28. The third-order valence-electron chi connectivity index (χ3n) is 3.76. The van der Waals surface area contributed by atoms with E-state index in [2.05, 4.69) is 19.2 Å². The largest absolute Gasteiger partial charge is 0.491 e. The first-order valence-electron chi connectivity index (χ1n) is 7.98. The Balaban J connectivity index is 2.01. The number of ether oxygens (including phenoxy) is 1. The number of carboxylic acids is 1. The second kappa shape index (κ2) is 7.85. The van der Waals surface area contributed by atoms with Gasteiger partial charge in [0, 0.05) is 13.1 Å². The van der Waals surface area contributed by atoms with Gasteiger partial charge in [0.2, 0.25) is 0 Å². The van der Waals surface area contributed by atoms with Gasteiger partial charge in [-0.2, -0.15) is 0 Å². The van der Waals surface area contributed by atoms with Crippen LogP contribution in [0.15, 0.2) is 24.3 Å². The van der Waals surface area contributed by atoms with Gasteiger partial charge in [-0.1, -0.05) is 26.0 Å². The summed E-state index contributed by atoms with van der Waals surface area (Å²) in [6, 6.07) is 7.00. The predicted molar refractivity (Wildman–Crippen MR) is 87.7 cm³/mol. The average Bonchev–Trinajstić information content (AvgIpc) is 2.54. The van der Waals surface area contributed by atoms with Gasteiger partial charge in [0.15, 0.2) is 0 Å². The number of anilines is 1. The van der Waals surface area contributed by atoms with E-state index >= 15 is 0 Å². The molecule has 0 aliphatic carbocycles. The number of amides is 2. The van der Waals surface area contributed by atoms with Crippen molar-refractivity contribution in [3.63, 3.8) is 0 Å². The zero-order valence-electron chi connectivity index (χ0n) is 13.6. The van der Waals surface area contributed by atoms with Crippen LogP contribution in [0.2, 0.25) is 0 Å². The number of carboxylic acid groups (broad SMARTS) is 1. The molecular formula is C17H24N2O4. The van der Waals surface area contributed by atoms with E-state index < -0.39 is 11.9 Å². The molecule has 1 saturated heterocycles. The monoisotopic (exact) mass is 320 g/mol. The molecule has 0 radical (unpaired) electrons. The lowest BCUT2D eigenvalue weighted by Crippen LogP contribution is -2.44. The standard InChI is InChI=1S/C17H24N2O4/c1-12(2)11-23-15-8-4-3-7-14(15)18-17(22)19-9-5-6-13(10-19)16(20)21/h3-4,7-8,12-13H,5-6,9-11H2,1-2H3,(H,18,22)(H,20,21). The minimum atomic E-state index is -0.844. The molecule has 1 heterocycles. The number of benzene rings is 1. The van der Waals surface area contributed by atoms with Crippen LogP contribution in [-0.2, 0) is 4.79 Å². The lowest BCUT2D eigenvalue weighted by atomic mass is 9.99. The maximum Gasteiger partial charge on any atom is 0.321 e. The maximum absolute atomic E-state index is 12.4. The molecule has 126 valence electrons. The first-order chi connectivity index (χ1) is 11.0. The molecule has 1 atom stereocenters. The summed E-state index contributed by atoms with van der Waals surface area (Å²) < 4.78 is 5.72. The fraction of sp³-hybridized carbons (Fsp3) is 0.529. The van der Waals surface area contributed by atoms with Gasteiger partial charge in [-0.25, -0.2) is 4.79 Å². The van der Waals surface area contributed by atoms with E-state index in [1.807, 2.05) is 18.2 Å². The van der Waals surface area contributed by atoms with E-state index in [9.17, 15) is 9.59 Å². The van der Waals surface area contributed by atoms with Crippen molar-refractivity contribution in [2.45, 2.75) is 26.7 Å². The smallest absolute Gasteiger partial charge is 0.321 e. The van der Waals surface area contributed by atoms with Crippen molar-refractivity contribution >= 4 is 17.7 Å². The van der Waals surface area contributed by atoms with Gasteiger partial charge in [0.1, 0.15) is 5.75 Å². The molecule has 2 rings (SSSR count). The first-order valence-corrected chi connectivity index (χ1v) is 7.98. The minimum Gasteiger partial charge on any atom is -0.491 e. The van der Waals surface area contributed by atoms with E-state index in [1.165, 1.54) is 0 Å². The molecule has 2 amide bonds. The zero-order valence-corrected chi connectivity index (χ0v) is 13.6. The van der Waals surface area contributed by atoms with E-state index in [1.54, 1.807) is 11.0 Å². The van der Waals surface area contributed by atoms with E-state index in [-0.39, 0.29) is 12.6 Å². The van der Waals surface area contributed by atoms with Crippen molar-refractivity contribution in [2.24, 2.45) is 11.8 Å². The molecule has 6 heteroatoms. The molecule has 1 aromatic rings. The fourth-order valence-corrected chi connectivity index (χ4v) is 2.51. The van der Waals surface area contributed by atoms with Gasteiger partial charge in [-0.05, 0) is 30.9 Å². The first kappa shape index (κ1) is 17.1. The number of hydrogen-bond acceptors (Lipinski definition) is 3. The highest BCUT2D eigenvalue weighted by molar-refractivity contribution is 5.91. The van der Waals surface area contributed by atoms with E-state index in [4.69, 9.17) is 9.84 Å². The summed E-state index contributed by atoms with van der Waals surface area (Å²) in [5, 5.41) is 11.9. The van der Waals surface area contributed by atoms with Crippen LogP contribution >= 0.6 is 0 Å². The summed E-state index contributed by atoms with van der Waals surface area (Å²) in [4.78, 5) is 25.1. The molecule has 0 aromatic heterocycles. The molecule has 6 nitrogen and oxygen atoms in total. The molecule has 1 aromatic carbocycles. The molecule has 23 heavy (non-hydrogen) atoms. The van der Waals surface area contributed by atoms with Crippen LogP contribution in [0.25, 0.3) is 0 Å². The van der Waals surface area contributed by atoms with Crippen molar-refractivity contribution in [1.82, 2.24) is 4.90 Å². The number of likely N-dealkylation sites (tertiary alicyclic amines) is 1. The summed E-state index contributed by atoms with van der Waals surface area (Å²) in [5.74, 6) is -0.316. The number of nitrogens with one attached hydrogen (secondary N) is 1. The van der Waals surface area contributed by atoms with Gasteiger partial charge in [0.05, 0.1) is 18.2 Å². The van der Waals surface area contributed by atoms with Gasteiger partial charge in [-0.15, -0.1) is 0 Å². The van der Waals surface area contributed by atoms with Crippen molar-refractivity contribution in [3.8, 4) is 5.75 Å². The molecule has 0 bridgehead atoms. The van der Waals surface area contributed by atoms with E-state index in [0.717, 1.165) is 0 Å². The molecule has 0 spiro atoms. The second-order valence-corrected chi connectivity index (χ2v) is 6.25. The average molecular weight is 320 g/mol. The van der Waals surface area contributed by atoms with Crippen LogP contribution in [-0.4, -0.2) is 41.7 Å². The van der Waals surface area contributed by atoms with Crippen molar-refractivity contribution in [1.29, 1.82) is 0 Å². The molecular weight excluding hydrogens is 296 g/mol. The third-order valence-corrected chi connectivity index (χ3v) is 3.76. The lowest BCUT2D eigenvalue weighted by molar-refractivity contribution is -0.143. The summed E-state index contributed by atoms with van der Waals surface area (Å²) in [5.41, 5.74) is 0.607. The zero-order chi connectivity index (χ0) is 16.8. The Labute approximate surface area is 136 Å². The third kappa shape index (κ3) is 4.87. The maximum atomic E-state index is 12.4. The molecule has 1 unspecified atom stereocenters. The second-order valence-electron chi connectivity index (χ2n) is 6.25.